The van der Waals surface area contributed by atoms with Gasteiger partial charge in [0.15, 0.2) is 6.61 Å². The van der Waals surface area contributed by atoms with Crippen LogP contribution in [-0.2, 0) is 14.3 Å². The Kier molecular flexibility index (Phi) is 6.21. The summed E-state index contributed by atoms with van der Waals surface area (Å²) in [5.74, 6) is 1.79. The van der Waals surface area contributed by atoms with Crippen LogP contribution >= 0.6 is 0 Å². The number of carbonyl (C=O) groups is 3. The second-order valence-electron chi connectivity index (χ2n) is 9.64. The molecule has 1 atom stereocenters. The van der Waals surface area contributed by atoms with E-state index in [4.69, 9.17) is 9.47 Å². The van der Waals surface area contributed by atoms with E-state index in [-0.39, 0.29) is 36.4 Å². The number of benzene rings is 1. The molecule has 4 aliphatic carbocycles. The first-order valence-corrected chi connectivity index (χ1v) is 11.2. The normalized spacial score (nSPS) is 29.2. The molecule has 7 nitrogen and oxygen atoms in total. The lowest BCUT2D eigenvalue weighted by Crippen LogP contribution is -2.56. The molecule has 2 N–H and O–H groups in total. The quantitative estimate of drug-likeness (QED) is 0.621. The standard InChI is InChI=1S/C24H32N2O5/c1-15(24-10-16-7-17(11-24)9-18(8-16)12-24)26-21(27)14-31-22(28)13-25-23(29)19-3-5-20(30-2)6-4-19/h3-6,15-18H,7-14H2,1-2H3,(H,25,29)(H,26,27)/t15-,16?,17?,18?,24?/m0/s1. The number of methoxy groups -OCH3 is 1. The first-order valence-electron chi connectivity index (χ1n) is 11.2. The number of rotatable bonds is 8. The van der Waals surface area contributed by atoms with Crippen molar-refractivity contribution in [1.82, 2.24) is 10.6 Å². The van der Waals surface area contributed by atoms with Crippen LogP contribution < -0.4 is 15.4 Å². The minimum atomic E-state index is -0.639. The molecule has 0 heterocycles. The van der Waals surface area contributed by atoms with Gasteiger partial charge in [-0.15, -0.1) is 0 Å². The molecule has 0 radical (unpaired) electrons. The number of ether oxygens (including phenoxy) is 2. The molecule has 31 heavy (non-hydrogen) atoms. The molecule has 4 bridgehead atoms. The molecule has 168 valence electrons. The molecule has 0 aliphatic heterocycles. The Morgan fingerprint density at radius 1 is 1.03 bits per heavy atom. The van der Waals surface area contributed by atoms with Crippen LogP contribution in [0.1, 0.15) is 55.8 Å². The van der Waals surface area contributed by atoms with Crippen molar-refractivity contribution in [3.8, 4) is 5.75 Å². The fraction of sp³-hybridized carbons (Fsp3) is 0.625. The van der Waals surface area contributed by atoms with Gasteiger partial charge >= 0.3 is 5.97 Å². The fourth-order valence-electron chi connectivity index (χ4n) is 6.34. The topological polar surface area (TPSA) is 93.7 Å². The molecule has 5 rings (SSSR count). The van der Waals surface area contributed by atoms with E-state index in [2.05, 4.69) is 17.6 Å². The zero-order valence-electron chi connectivity index (χ0n) is 18.3. The number of carbonyl (C=O) groups excluding carboxylic acids is 3. The highest BCUT2D eigenvalue weighted by Gasteiger charge is 2.53. The number of esters is 1. The number of hydrogen-bond donors (Lipinski definition) is 2. The SMILES string of the molecule is COc1ccc(C(=O)NCC(=O)OCC(=O)N[C@@H](C)C23CC4CC(CC(C4)C2)C3)cc1. The van der Waals surface area contributed by atoms with E-state index in [1.807, 2.05) is 0 Å². The fourth-order valence-corrected chi connectivity index (χ4v) is 6.34. The van der Waals surface area contributed by atoms with Crippen LogP contribution in [0.5, 0.6) is 5.75 Å². The molecule has 0 aromatic heterocycles. The summed E-state index contributed by atoms with van der Waals surface area (Å²) in [7, 11) is 1.55. The molecule has 2 amide bonds. The van der Waals surface area contributed by atoms with Crippen molar-refractivity contribution < 1.29 is 23.9 Å². The molecule has 0 saturated heterocycles. The lowest BCUT2D eigenvalue weighted by Gasteiger charge is -2.59. The highest BCUT2D eigenvalue weighted by molar-refractivity contribution is 5.96. The molecule has 1 aromatic carbocycles. The van der Waals surface area contributed by atoms with Crippen molar-refractivity contribution >= 4 is 17.8 Å². The Balaban J connectivity index is 1.19. The molecular weight excluding hydrogens is 396 g/mol. The number of nitrogens with one attached hydrogen (secondary N) is 2. The minimum absolute atomic E-state index is 0.0851. The van der Waals surface area contributed by atoms with Gasteiger partial charge in [-0.25, -0.2) is 0 Å². The maximum Gasteiger partial charge on any atom is 0.325 e. The molecule has 4 fully saturated rings. The number of hydrogen-bond acceptors (Lipinski definition) is 5. The highest BCUT2D eigenvalue weighted by Crippen LogP contribution is 2.61. The molecule has 0 spiro atoms. The Bertz CT molecular complexity index is 800. The van der Waals surface area contributed by atoms with Crippen molar-refractivity contribution in [1.29, 1.82) is 0 Å². The van der Waals surface area contributed by atoms with E-state index < -0.39 is 5.97 Å². The largest absolute Gasteiger partial charge is 0.497 e. The van der Waals surface area contributed by atoms with Gasteiger partial charge in [0, 0.05) is 11.6 Å². The van der Waals surface area contributed by atoms with Crippen LogP contribution in [0.2, 0.25) is 0 Å². The second-order valence-corrected chi connectivity index (χ2v) is 9.64. The summed E-state index contributed by atoms with van der Waals surface area (Å²) < 4.78 is 10.1. The Morgan fingerprint density at radius 2 is 1.61 bits per heavy atom. The van der Waals surface area contributed by atoms with Crippen LogP contribution in [0.3, 0.4) is 0 Å². The number of amides is 2. The summed E-state index contributed by atoms with van der Waals surface area (Å²) in [6.45, 7) is 1.48. The van der Waals surface area contributed by atoms with Gasteiger partial charge in [-0.3, -0.25) is 14.4 Å². The summed E-state index contributed by atoms with van der Waals surface area (Å²) in [6, 6.07) is 6.64. The van der Waals surface area contributed by atoms with Crippen molar-refractivity contribution in [3.05, 3.63) is 29.8 Å². The Hall–Kier alpha value is -2.57. The predicted octanol–water partition coefficient (Wildman–Crippen LogP) is 2.69. The molecule has 4 saturated carbocycles. The molecule has 0 unspecified atom stereocenters. The molecule has 4 aliphatic rings. The average molecular weight is 429 g/mol. The van der Waals surface area contributed by atoms with E-state index >= 15 is 0 Å². The van der Waals surface area contributed by atoms with Gasteiger partial charge in [0.25, 0.3) is 11.8 Å². The van der Waals surface area contributed by atoms with Gasteiger partial charge in [0.2, 0.25) is 0 Å². The minimum Gasteiger partial charge on any atom is -0.497 e. The van der Waals surface area contributed by atoms with E-state index in [0.717, 1.165) is 17.8 Å². The third-order valence-corrected chi connectivity index (χ3v) is 7.49. The molecule has 1 aromatic rings. The lowest BCUT2D eigenvalue weighted by atomic mass is 9.48. The smallest absolute Gasteiger partial charge is 0.325 e. The van der Waals surface area contributed by atoms with E-state index in [1.165, 1.54) is 38.5 Å². The van der Waals surface area contributed by atoms with Crippen molar-refractivity contribution in [2.24, 2.45) is 23.2 Å². The van der Waals surface area contributed by atoms with Gasteiger partial charge in [-0.2, -0.15) is 0 Å². The predicted molar refractivity (Wildman–Crippen MR) is 114 cm³/mol. The third kappa shape index (κ3) is 4.86. The van der Waals surface area contributed by atoms with Gasteiger partial charge in [-0.05, 0) is 92.9 Å². The summed E-state index contributed by atoms with van der Waals surface area (Å²) in [6.07, 6.45) is 7.70. The monoisotopic (exact) mass is 428 g/mol. The Morgan fingerprint density at radius 3 is 2.16 bits per heavy atom. The van der Waals surface area contributed by atoms with E-state index in [1.54, 1.807) is 31.4 Å². The zero-order valence-corrected chi connectivity index (χ0v) is 18.3. The van der Waals surface area contributed by atoms with Gasteiger partial charge in [0.1, 0.15) is 12.3 Å². The van der Waals surface area contributed by atoms with E-state index in [9.17, 15) is 14.4 Å². The first kappa shape index (κ1) is 21.7. The summed E-state index contributed by atoms with van der Waals surface area (Å²) in [5, 5.41) is 5.58. The van der Waals surface area contributed by atoms with Crippen molar-refractivity contribution in [2.45, 2.75) is 51.5 Å². The highest BCUT2D eigenvalue weighted by atomic mass is 16.5. The van der Waals surface area contributed by atoms with Gasteiger partial charge in [0.05, 0.1) is 7.11 Å². The second kappa shape index (κ2) is 8.89. The van der Waals surface area contributed by atoms with E-state index in [0.29, 0.717) is 11.3 Å². The maximum absolute atomic E-state index is 12.4. The molecule has 7 heteroatoms. The van der Waals surface area contributed by atoms with Crippen LogP contribution in [0, 0.1) is 23.2 Å². The third-order valence-electron chi connectivity index (χ3n) is 7.49. The summed E-state index contributed by atoms with van der Waals surface area (Å²) >= 11 is 0. The average Bonchev–Trinajstić information content (AvgIpc) is 2.75. The Labute approximate surface area is 183 Å². The van der Waals surface area contributed by atoms with Crippen molar-refractivity contribution in [3.63, 3.8) is 0 Å². The molecular formula is C24H32N2O5. The first-order chi connectivity index (χ1) is 14.9. The van der Waals surface area contributed by atoms with Gasteiger partial charge in [-0.1, -0.05) is 0 Å². The van der Waals surface area contributed by atoms with Crippen molar-refractivity contribution in [2.75, 3.05) is 20.3 Å². The van der Waals surface area contributed by atoms with Crippen LogP contribution in [0.4, 0.5) is 0 Å². The van der Waals surface area contributed by atoms with Gasteiger partial charge < -0.3 is 20.1 Å². The summed E-state index contributed by atoms with van der Waals surface area (Å²) in [5.41, 5.74) is 0.622. The van der Waals surface area contributed by atoms with Crippen LogP contribution in [0.25, 0.3) is 0 Å². The summed E-state index contributed by atoms with van der Waals surface area (Å²) in [4.78, 5) is 36.4. The zero-order chi connectivity index (χ0) is 22.0. The lowest BCUT2D eigenvalue weighted by molar-refractivity contribution is -0.148. The van der Waals surface area contributed by atoms with Crippen LogP contribution in [-0.4, -0.2) is 44.1 Å². The maximum atomic E-state index is 12.4. The van der Waals surface area contributed by atoms with Crippen LogP contribution in [0.15, 0.2) is 24.3 Å².